The number of nitrogen functional groups attached to an aromatic ring is 2. The Morgan fingerprint density at radius 1 is 1.00 bits per heavy atom. The Morgan fingerprint density at radius 2 is 1.68 bits per heavy atom. The number of aliphatic hydroxyl groups is 3. The molecule has 2 aliphatic rings. The van der Waals surface area contributed by atoms with Crippen molar-refractivity contribution in [3.8, 4) is 0 Å². The minimum atomic E-state index is -4.98. The molecular weight excluding hydrogens is 632 g/mol. The fourth-order valence-electron chi connectivity index (χ4n) is 5.28. The summed E-state index contributed by atoms with van der Waals surface area (Å²) < 4.78 is 48.9. The Bertz CT molecular complexity index is 1830. The van der Waals surface area contributed by atoms with Crippen LogP contribution < -0.4 is 17.0 Å². The number of ether oxygens (including phenoxy) is 2. The number of anilines is 2. The van der Waals surface area contributed by atoms with Gasteiger partial charge in [0, 0.05) is 6.20 Å². The van der Waals surface area contributed by atoms with Gasteiger partial charge in [-0.05, 0) is 6.07 Å². The number of hydrogen-bond acceptors (Lipinski definition) is 16. The quantitative estimate of drug-likeness (QED) is 0.0866. The number of pyridine rings is 1. The molecule has 4 aromatic rings. The van der Waals surface area contributed by atoms with Crippen LogP contribution in [0.4, 0.5) is 11.8 Å². The van der Waals surface area contributed by atoms with Crippen molar-refractivity contribution in [2.24, 2.45) is 0 Å². The maximum Gasteiger partial charge on any atom is 0.338 e. The van der Waals surface area contributed by atoms with Gasteiger partial charge in [0.15, 0.2) is 29.4 Å². The van der Waals surface area contributed by atoms with E-state index in [2.05, 4.69) is 29.4 Å². The van der Waals surface area contributed by atoms with Crippen LogP contribution in [0.3, 0.4) is 0 Å². The molecule has 21 nitrogen and oxygen atoms in total. The largest absolute Gasteiger partial charge is 0.389 e. The van der Waals surface area contributed by atoms with E-state index in [4.69, 9.17) is 30.4 Å². The summed E-state index contributed by atoms with van der Waals surface area (Å²) in [5, 5.41) is 32.5. The Labute approximate surface area is 245 Å². The molecule has 0 bridgehead atoms. The third-order valence-electron chi connectivity index (χ3n) is 7.37. The molecule has 2 fully saturated rings. The maximum atomic E-state index is 13.7. The summed E-state index contributed by atoms with van der Waals surface area (Å²) in [4.78, 5) is 50.8. The first kappa shape index (κ1) is 30.7. The van der Waals surface area contributed by atoms with Crippen LogP contribution in [0.1, 0.15) is 12.5 Å². The fraction of sp³-hybridized carbons (Fsp3) is 0.476. The molecule has 10 atom stereocenters. The standard InChI is InChI=1S/C21H27N9O12P2/c22-16-10-7(1-2-24-16)29(5-25-10)19-14(33)12(31)9(41-19)4-40-44(37,38)15-13(32)8(3-39-43(35)36)42-20(15)30-6-26-11-17(30)27-21(23)28-18(11)34/h1-2,5-6,8-9,12-15,19-20,31-33,43H,3-4H2,(H2,22,24)(H,35,36)(H,37,38)(H3,23,27,28,34)/t8-,9-,12-,13-,14-,15-,19-,20-/m1/s1. The van der Waals surface area contributed by atoms with Crippen LogP contribution in [0.2, 0.25) is 0 Å². The molecule has 0 aliphatic carbocycles. The number of nitrogens with zero attached hydrogens (tertiary/aromatic N) is 6. The number of H-pyrrole nitrogens is 1. The third kappa shape index (κ3) is 5.31. The van der Waals surface area contributed by atoms with E-state index < -0.39 is 83.3 Å². The zero-order valence-electron chi connectivity index (χ0n) is 22.2. The zero-order chi connectivity index (χ0) is 31.5. The van der Waals surface area contributed by atoms with Gasteiger partial charge >= 0.3 is 15.9 Å². The lowest BCUT2D eigenvalue weighted by Gasteiger charge is -2.27. The molecule has 23 heteroatoms. The average Bonchev–Trinajstić information content (AvgIpc) is 3.72. The van der Waals surface area contributed by atoms with E-state index >= 15 is 0 Å². The van der Waals surface area contributed by atoms with Crippen molar-refractivity contribution in [2.75, 3.05) is 24.7 Å². The number of nitrogens with two attached hydrogens (primary N) is 2. The van der Waals surface area contributed by atoms with Gasteiger partial charge in [-0.3, -0.25) is 23.5 Å². The summed E-state index contributed by atoms with van der Waals surface area (Å²) in [5.74, 6) is -0.169. The lowest BCUT2D eigenvalue weighted by molar-refractivity contribution is -0.0492. The van der Waals surface area contributed by atoms with Gasteiger partial charge in [0.05, 0.1) is 31.4 Å². The van der Waals surface area contributed by atoms with E-state index in [1.807, 2.05) is 0 Å². The molecule has 2 unspecified atom stereocenters. The van der Waals surface area contributed by atoms with Gasteiger partial charge in [-0.15, -0.1) is 0 Å². The number of aromatic nitrogens is 7. The Morgan fingerprint density at radius 3 is 2.43 bits per heavy atom. The summed E-state index contributed by atoms with van der Waals surface area (Å²) in [7, 11) is -8.44. The van der Waals surface area contributed by atoms with Gasteiger partial charge in [-0.1, -0.05) is 0 Å². The molecule has 44 heavy (non-hydrogen) atoms. The highest BCUT2D eigenvalue weighted by Gasteiger charge is 2.56. The van der Waals surface area contributed by atoms with Crippen molar-refractivity contribution in [2.45, 2.75) is 48.6 Å². The molecule has 0 radical (unpaired) electrons. The van der Waals surface area contributed by atoms with E-state index in [-0.39, 0.29) is 22.9 Å². The molecule has 238 valence electrons. The number of rotatable bonds is 9. The number of nitrogens with one attached hydrogen (secondary N) is 1. The summed E-state index contributed by atoms with van der Waals surface area (Å²) >= 11 is 0. The molecule has 6 rings (SSSR count). The van der Waals surface area contributed by atoms with Crippen molar-refractivity contribution >= 4 is 49.8 Å². The molecule has 2 saturated heterocycles. The molecule has 2 aliphatic heterocycles. The molecule has 0 spiro atoms. The minimum Gasteiger partial charge on any atom is -0.389 e. The number of hydrogen-bond donors (Lipinski definition) is 8. The van der Waals surface area contributed by atoms with Gasteiger partial charge in [0.25, 0.3) is 5.56 Å². The van der Waals surface area contributed by atoms with Crippen LogP contribution >= 0.6 is 15.9 Å². The molecule has 10 N–H and O–H groups in total. The monoisotopic (exact) mass is 659 g/mol. The molecule has 4 aromatic heterocycles. The first-order chi connectivity index (χ1) is 20.9. The second-order valence-electron chi connectivity index (χ2n) is 10.0. The van der Waals surface area contributed by atoms with Crippen LogP contribution in [0, 0.1) is 0 Å². The first-order valence-electron chi connectivity index (χ1n) is 12.8. The van der Waals surface area contributed by atoms with Crippen molar-refractivity contribution < 1.29 is 52.8 Å². The number of aromatic amines is 1. The van der Waals surface area contributed by atoms with Crippen molar-refractivity contribution in [1.82, 2.24) is 34.1 Å². The Kier molecular flexibility index (Phi) is 8.05. The fourth-order valence-corrected chi connectivity index (χ4v) is 7.24. The van der Waals surface area contributed by atoms with Gasteiger partial charge in [0.1, 0.15) is 41.7 Å². The molecule has 0 saturated carbocycles. The van der Waals surface area contributed by atoms with E-state index in [9.17, 15) is 34.1 Å². The van der Waals surface area contributed by atoms with Gasteiger partial charge in [-0.2, -0.15) is 4.98 Å². The highest BCUT2D eigenvalue weighted by molar-refractivity contribution is 7.53. The number of imidazole rings is 2. The van der Waals surface area contributed by atoms with Crippen molar-refractivity contribution in [3.05, 3.63) is 35.3 Å². The zero-order valence-corrected chi connectivity index (χ0v) is 24.1. The van der Waals surface area contributed by atoms with Crippen LogP contribution in [0.15, 0.2) is 29.7 Å². The highest BCUT2D eigenvalue weighted by atomic mass is 31.2. The molecular formula is C21H27N9O12P2. The number of fused-ring (bicyclic) bond motifs is 2. The highest BCUT2D eigenvalue weighted by Crippen LogP contribution is 2.57. The smallest absolute Gasteiger partial charge is 0.338 e. The molecule has 6 heterocycles. The maximum absolute atomic E-state index is 13.7. The lowest BCUT2D eigenvalue weighted by atomic mass is 10.1. The third-order valence-corrected chi connectivity index (χ3v) is 9.61. The summed E-state index contributed by atoms with van der Waals surface area (Å²) in [6.07, 6.45) is -6.62. The van der Waals surface area contributed by atoms with Gasteiger partial charge in [0.2, 0.25) is 5.95 Å². The molecule has 0 amide bonds. The van der Waals surface area contributed by atoms with E-state index in [0.717, 1.165) is 10.9 Å². The van der Waals surface area contributed by atoms with Crippen LogP contribution in [0.25, 0.3) is 22.2 Å². The van der Waals surface area contributed by atoms with Crippen LogP contribution in [-0.2, 0) is 27.7 Å². The summed E-state index contributed by atoms with van der Waals surface area (Å²) in [6.45, 7) is -1.39. The van der Waals surface area contributed by atoms with E-state index in [1.165, 1.54) is 17.1 Å². The topological polar surface area (TPSA) is 319 Å². The Hall–Kier alpha value is -3.33. The SMILES string of the molecule is Nc1nc2c(ncn2[C@@H]2O[C@H](CO[PH](=O)O)[C@@H](O)[C@H]2P(=O)(O)OC[C@H]2O[C@@H](n3cnc4c(N)nccc43)[C@H](O)[C@@H]2O)c(=O)[nH]1. The van der Waals surface area contributed by atoms with Gasteiger partial charge in [-0.25, -0.2) is 15.0 Å². The normalized spacial score (nSPS) is 31.1. The second kappa shape index (κ2) is 11.5. The summed E-state index contributed by atoms with van der Waals surface area (Å²) in [5.41, 5.74) is 9.40. The Balaban J connectivity index is 1.26. The lowest BCUT2D eigenvalue weighted by Crippen LogP contribution is -2.36. The van der Waals surface area contributed by atoms with Gasteiger partial charge < -0.3 is 59.7 Å². The minimum absolute atomic E-state index is 0.130. The van der Waals surface area contributed by atoms with Crippen LogP contribution in [-0.4, -0.2) is 109 Å². The first-order valence-corrected chi connectivity index (χ1v) is 15.8. The predicted octanol–water partition coefficient (Wildman–Crippen LogP) is -2.42. The van der Waals surface area contributed by atoms with E-state index in [1.54, 1.807) is 6.07 Å². The van der Waals surface area contributed by atoms with Crippen molar-refractivity contribution in [3.63, 3.8) is 0 Å². The van der Waals surface area contributed by atoms with Crippen LogP contribution in [0.5, 0.6) is 0 Å². The summed E-state index contributed by atoms with van der Waals surface area (Å²) in [6, 6.07) is 1.57. The molecule has 0 aromatic carbocycles. The van der Waals surface area contributed by atoms with Crippen molar-refractivity contribution in [1.29, 1.82) is 0 Å². The average molecular weight is 659 g/mol. The predicted molar refractivity (Wildman–Crippen MR) is 147 cm³/mol. The number of aliphatic hydroxyl groups excluding tert-OH is 3. The second-order valence-corrected chi connectivity index (χ2v) is 12.8. The van der Waals surface area contributed by atoms with E-state index in [0.29, 0.717) is 11.0 Å².